The van der Waals surface area contributed by atoms with Crippen LogP contribution in [0.5, 0.6) is 11.5 Å². The van der Waals surface area contributed by atoms with Crippen molar-refractivity contribution in [2.45, 2.75) is 37.8 Å². The van der Waals surface area contributed by atoms with Gasteiger partial charge in [0, 0.05) is 19.2 Å². The van der Waals surface area contributed by atoms with E-state index in [1.54, 1.807) is 0 Å². The molecule has 1 N–H and O–H groups in total. The molecule has 6 heteroatoms. The summed E-state index contributed by atoms with van der Waals surface area (Å²) in [6.07, 6.45) is 4.51. The fourth-order valence-corrected chi connectivity index (χ4v) is 3.79. The quantitative estimate of drug-likeness (QED) is 0.892. The number of hydrogen-bond acceptors (Lipinski definition) is 5. The number of carbonyl (C=O) groups excluding carboxylic acids is 1. The van der Waals surface area contributed by atoms with Gasteiger partial charge in [-0.05, 0) is 49.9 Å². The second kappa shape index (κ2) is 6.99. The van der Waals surface area contributed by atoms with E-state index in [0.29, 0.717) is 19.9 Å². The van der Waals surface area contributed by atoms with Crippen LogP contribution in [-0.2, 0) is 9.53 Å². The zero-order valence-corrected chi connectivity index (χ0v) is 13.8. The zero-order valence-electron chi connectivity index (χ0n) is 13.8. The van der Waals surface area contributed by atoms with Gasteiger partial charge in [-0.1, -0.05) is 6.07 Å². The minimum absolute atomic E-state index is 0.0816. The Morgan fingerprint density at radius 3 is 3.00 bits per heavy atom. The largest absolute Gasteiger partial charge is 0.454 e. The highest BCUT2D eigenvalue weighted by atomic mass is 16.7. The SMILES string of the molecule is O=C(CN1CCC[C@H]1c1ccc2c(c1)OCO2)NC[C@H]1CCCO1. The van der Waals surface area contributed by atoms with Gasteiger partial charge in [-0.3, -0.25) is 9.69 Å². The minimum Gasteiger partial charge on any atom is -0.454 e. The Kier molecular flexibility index (Phi) is 4.58. The lowest BCUT2D eigenvalue weighted by molar-refractivity contribution is -0.123. The summed E-state index contributed by atoms with van der Waals surface area (Å²) in [6.45, 7) is 3.12. The molecule has 4 rings (SSSR count). The molecule has 0 saturated carbocycles. The molecule has 1 aromatic carbocycles. The van der Waals surface area contributed by atoms with Gasteiger partial charge in [0.2, 0.25) is 12.7 Å². The topological polar surface area (TPSA) is 60.0 Å². The monoisotopic (exact) mass is 332 g/mol. The standard InChI is InChI=1S/C18H24N2O4/c21-18(19-10-14-3-2-8-22-14)11-20-7-1-4-15(20)13-5-6-16-17(9-13)24-12-23-16/h5-6,9,14-15H,1-4,7-8,10-12H2,(H,19,21)/t14-,15+/m1/s1. The molecule has 1 amide bonds. The summed E-state index contributed by atoms with van der Waals surface area (Å²) in [5.74, 6) is 1.69. The summed E-state index contributed by atoms with van der Waals surface area (Å²) < 4.78 is 16.4. The lowest BCUT2D eigenvalue weighted by Gasteiger charge is -2.24. The maximum Gasteiger partial charge on any atom is 0.234 e. The van der Waals surface area contributed by atoms with Crippen molar-refractivity contribution in [3.63, 3.8) is 0 Å². The molecule has 3 aliphatic heterocycles. The van der Waals surface area contributed by atoms with Crippen molar-refractivity contribution in [2.75, 3.05) is 33.0 Å². The Balaban J connectivity index is 1.35. The van der Waals surface area contributed by atoms with Crippen molar-refractivity contribution in [3.05, 3.63) is 23.8 Å². The number of nitrogens with zero attached hydrogens (tertiary/aromatic N) is 1. The maximum atomic E-state index is 12.3. The normalized spacial score (nSPS) is 26.0. The first-order valence-electron chi connectivity index (χ1n) is 8.81. The van der Waals surface area contributed by atoms with Gasteiger partial charge in [-0.25, -0.2) is 0 Å². The van der Waals surface area contributed by atoms with Crippen LogP contribution in [0.4, 0.5) is 0 Å². The Morgan fingerprint density at radius 1 is 1.21 bits per heavy atom. The smallest absolute Gasteiger partial charge is 0.234 e. The number of rotatable bonds is 5. The van der Waals surface area contributed by atoms with Gasteiger partial charge in [-0.15, -0.1) is 0 Å². The van der Waals surface area contributed by atoms with E-state index in [-0.39, 0.29) is 18.1 Å². The lowest BCUT2D eigenvalue weighted by Crippen LogP contribution is -2.39. The average molecular weight is 332 g/mol. The van der Waals surface area contributed by atoms with Gasteiger partial charge in [-0.2, -0.15) is 0 Å². The molecule has 0 radical (unpaired) electrons. The molecule has 1 aromatic rings. The van der Waals surface area contributed by atoms with Crippen molar-refractivity contribution >= 4 is 5.91 Å². The molecule has 3 heterocycles. The molecule has 0 aliphatic carbocycles. The lowest BCUT2D eigenvalue weighted by atomic mass is 10.0. The maximum absolute atomic E-state index is 12.3. The molecule has 0 bridgehead atoms. The first-order chi connectivity index (χ1) is 11.8. The van der Waals surface area contributed by atoms with Crippen LogP contribution in [0.25, 0.3) is 0 Å². The highest BCUT2D eigenvalue weighted by Crippen LogP contribution is 2.38. The number of benzene rings is 1. The molecule has 130 valence electrons. The van der Waals surface area contributed by atoms with Crippen molar-refractivity contribution in [3.8, 4) is 11.5 Å². The number of carbonyl (C=O) groups is 1. The number of fused-ring (bicyclic) bond motifs is 1. The van der Waals surface area contributed by atoms with Crippen LogP contribution in [-0.4, -0.2) is 49.9 Å². The molecule has 2 atom stereocenters. The third-order valence-electron chi connectivity index (χ3n) is 5.04. The van der Waals surface area contributed by atoms with Crippen LogP contribution in [0.3, 0.4) is 0 Å². The fraction of sp³-hybridized carbons (Fsp3) is 0.611. The third kappa shape index (κ3) is 3.35. The first kappa shape index (κ1) is 15.7. The Hall–Kier alpha value is -1.79. The van der Waals surface area contributed by atoms with E-state index in [4.69, 9.17) is 14.2 Å². The fourth-order valence-electron chi connectivity index (χ4n) is 3.79. The highest BCUT2D eigenvalue weighted by molar-refractivity contribution is 5.78. The molecule has 0 spiro atoms. The van der Waals surface area contributed by atoms with Gasteiger partial charge in [0.25, 0.3) is 0 Å². The number of nitrogens with one attached hydrogen (secondary N) is 1. The predicted molar refractivity (Wildman–Crippen MR) is 88.1 cm³/mol. The molecule has 0 aromatic heterocycles. The molecular weight excluding hydrogens is 308 g/mol. The van der Waals surface area contributed by atoms with Crippen LogP contribution in [0.1, 0.15) is 37.3 Å². The number of hydrogen-bond donors (Lipinski definition) is 1. The van der Waals surface area contributed by atoms with Gasteiger partial charge in [0.1, 0.15) is 0 Å². The number of amides is 1. The molecule has 24 heavy (non-hydrogen) atoms. The molecule has 2 fully saturated rings. The van der Waals surface area contributed by atoms with E-state index in [1.807, 2.05) is 6.07 Å². The zero-order chi connectivity index (χ0) is 16.4. The van der Waals surface area contributed by atoms with Crippen LogP contribution < -0.4 is 14.8 Å². The summed E-state index contributed by atoms with van der Waals surface area (Å²) in [6, 6.07) is 6.37. The summed E-state index contributed by atoms with van der Waals surface area (Å²) in [4.78, 5) is 14.5. The number of ether oxygens (including phenoxy) is 3. The van der Waals surface area contributed by atoms with E-state index in [1.165, 1.54) is 5.56 Å². The van der Waals surface area contributed by atoms with Crippen LogP contribution in [0.2, 0.25) is 0 Å². The second-order valence-electron chi connectivity index (χ2n) is 6.68. The Morgan fingerprint density at radius 2 is 2.12 bits per heavy atom. The van der Waals surface area contributed by atoms with E-state index >= 15 is 0 Å². The van der Waals surface area contributed by atoms with Gasteiger partial charge in [0.05, 0.1) is 12.6 Å². The predicted octanol–water partition coefficient (Wildman–Crippen LogP) is 1.85. The summed E-state index contributed by atoms with van der Waals surface area (Å²) in [7, 11) is 0. The van der Waals surface area contributed by atoms with Crippen LogP contribution in [0, 0.1) is 0 Å². The Labute approximate surface area is 142 Å². The average Bonchev–Trinajstić information content (AvgIpc) is 3.33. The summed E-state index contributed by atoms with van der Waals surface area (Å²) >= 11 is 0. The van der Waals surface area contributed by atoms with Crippen LogP contribution >= 0.6 is 0 Å². The molecule has 0 unspecified atom stereocenters. The van der Waals surface area contributed by atoms with Crippen molar-refractivity contribution < 1.29 is 19.0 Å². The summed E-state index contributed by atoms with van der Waals surface area (Å²) in [5, 5.41) is 3.01. The minimum atomic E-state index is 0.0816. The number of likely N-dealkylation sites (tertiary alicyclic amines) is 1. The summed E-state index contributed by atoms with van der Waals surface area (Å²) in [5.41, 5.74) is 1.20. The first-order valence-corrected chi connectivity index (χ1v) is 8.81. The van der Waals surface area contributed by atoms with Crippen molar-refractivity contribution in [1.82, 2.24) is 10.2 Å². The second-order valence-corrected chi connectivity index (χ2v) is 6.68. The van der Waals surface area contributed by atoms with Gasteiger partial charge in [0.15, 0.2) is 11.5 Å². The van der Waals surface area contributed by atoms with E-state index in [9.17, 15) is 4.79 Å². The van der Waals surface area contributed by atoms with Crippen molar-refractivity contribution in [1.29, 1.82) is 0 Å². The van der Waals surface area contributed by atoms with Crippen molar-refractivity contribution in [2.24, 2.45) is 0 Å². The molecule has 3 aliphatic rings. The highest BCUT2D eigenvalue weighted by Gasteiger charge is 2.29. The molecule has 2 saturated heterocycles. The van der Waals surface area contributed by atoms with E-state index < -0.39 is 0 Å². The molecule has 6 nitrogen and oxygen atoms in total. The van der Waals surface area contributed by atoms with Gasteiger partial charge >= 0.3 is 0 Å². The van der Waals surface area contributed by atoms with Gasteiger partial charge < -0.3 is 19.5 Å². The van der Waals surface area contributed by atoms with E-state index in [2.05, 4.69) is 22.3 Å². The molecular formula is C18H24N2O4. The van der Waals surface area contributed by atoms with E-state index in [0.717, 1.165) is 50.3 Å². The third-order valence-corrected chi connectivity index (χ3v) is 5.04. The van der Waals surface area contributed by atoms with Crippen LogP contribution in [0.15, 0.2) is 18.2 Å². The Bertz CT molecular complexity index is 601.